The molecule has 1 nitrogen and oxygen atoms in total. The second-order valence-corrected chi connectivity index (χ2v) is 10.8. The molecule has 2 heteroatoms. The summed E-state index contributed by atoms with van der Waals surface area (Å²) in [5, 5.41) is 0. The molecule has 0 aliphatic rings. The fraction of sp³-hybridized carbons (Fsp3) is 0.500. The monoisotopic (exact) mass is 533 g/mol. The maximum absolute atomic E-state index is 2.30. The molecule has 0 N–H and O–H groups in total. The van der Waals surface area contributed by atoms with Gasteiger partial charge in [-0.25, -0.2) is 4.48 Å². The summed E-state index contributed by atoms with van der Waals surface area (Å²) in [4.78, 5) is 0. The molecule has 0 aliphatic heterocycles. The van der Waals surface area contributed by atoms with Gasteiger partial charge in [0.25, 0.3) is 0 Å². The van der Waals surface area contributed by atoms with Crippen molar-refractivity contribution >= 4 is 17.1 Å². The number of hydrogen-bond acceptors (Lipinski definition) is 0. The van der Waals surface area contributed by atoms with Crippen molar-refractivity contribution in [2.75, 3.05) is 6.54 Å². The predicted molar refractivity (Wildman–Crippen MR) is 165 cm³/mol. The number of hydrogen-bond donors (Lipinski definition) is 0. The lowest BCUT2D eigenvalue weighted by atomic mass is 10.0. The highest BCUT2D eigenvalue weighted by molar-refractivity contribution is 5.70. The Morgan fingerprint density at radius 3 is 0.921 bits per heavy atom. The van der Waals surface area contributed by atoms with Gasteiger partial charge in [0.1, 0.15) is 17.1 Å². The van der Waals surface area contributed by atoms with E-state index in [9.17, 15) is 0 Å². The molecular formula is C36H52ClN. The lowest BCUT2D eigenvalue weighted by Gasteiger charge is -2.37. The van der Waals surface area contributed by atoms with Crippen LogP contribution in [0, 0.1) is 0 Å². The first-order chi connectivity index (χ1) is 18.4. The van der Waals surface area contributed by atoms with Gasteiger partial charge < -0.3 is 12.4 Å². The molecule has 0 radical (unpaired) electrons. The van der Waals surface area contributed by atoms with Crippen LogP contribution in [0.15, 0.2) is 91.0 Å². The molecule has 0 fully saturated rings. The molecule has 208 valence electrons. The molecule has 0 amide bonds. The van der Waals surface area contributed by atoms with Crippen LogP contribution in [-0.4, -0.2) is 6.54 Å². The highest BCUT2D eigenvalue weighted by Crippen LogP contribution is 2.43. The van der Waals surface area contributed by atoms with Crippen LogP contribution in [0.1, 0.15) is 110 Å². The zero-order chi connectivity index (χ0) is 25.9. The molecule has 0 heterocycles. The van der Waals surface area contributed by atoms with E-state index in [1.807, 2.05) is 0 Å². The zero-order valence-corrected chi connectivity index (χ0v) is 24.8. The Morgan fingerprint density at radius 1 is 0.368 bits per heavy atom. The third-order valence-corrected chi connectivity index (χ3v) is 7.94. The van der Waals surface area contributed by atoms with Crippen LogP contribution in [0.3, 0.4) is 0 Å². The second-order valence-electron chi connectivity index (χ2n) is 10.8. The molecule has 0 aromatic heterocycles. The van der Waals surface area contributed by atoms with Crippen molar-refractivity contribution in [3.8, 4) is 0 Å². The van der Waals surface area contributed by atoms with Crippen molar-refractivity contribution in [3.63, 3.8) is 0 Å². The summed E-state index contributed by atoms with van der Waals surface area (Å²) in [5.41, 5.74) is 4.04. The topological polar surface area (TPSA) is 0 Å². The van der Waals surface area contributed by atoms with E-state index < -0.39 is 0 Å². The van der Waals surface area contributed by atoms with Crippen LogP contribution in [0.25, 0.3) is 0 Å². The average molecular weight is 534 g/mol. The number of para-hydroxylation sites is 3. The summed E-state index contributed by atoms with van der Waals surface area (Å²) in [6, 6.07) is 33.3. The molecule has 3 aromatic rings. The molecule has 0 aliphatic carbocycles. The third-order valence-electron chi connectivity index (χ3n) is 7.94. The van der Waals surface area contributed by atoms with E-state index in [0.717, 1.165) is 11.0 Å². The minimum atomic E-state index is 0. The van der Waals surface area contributed by atoms with Gasteiger partial charge in [-0.3, -0.25) is 0 Å². The van der Waals surface area contributed by atoms with Crippen molar-refractivity contribution in [2.24, 2.45) is 0 Å². The number of unbranched alkanes of at least 4 members (excludes halogenated alkanes) is 15. The van der Waals surface area contributed by atoms with Crippen molar-refractivity contribution in [3.05, 3.63) is 91.0 Å². The van der Waals surface area contributed by atoms with E-state index in [2.05, 4.69) is 97.9 Å². The Kier molecular flexibility index (Phi) is 16.8. The van der Waals surface area contributed by atoms with Gasteiger partial charge in [-0.15, -0.1) is 0 Å². The van der Waals surface area contributed by atoms with Crippen LogP contribution in [0.5, 0.6) is 0 Å². The normalized spacial score (nSPS) is 11.3. The fourth-order valence-electron chi connectivity index (χ4n) is 5.78. The van der Waals surface area contributed by atoms with Crippen LogP contribution >= 0.6 is 0 Å². The molecule has 38 heavy (non-hydrogen) atoms. The molecule has 0 bridgehead atoms. The zero-order valence-electron chi connectivity index (χ0n) is 24.0. The van der Waals surface area contributed by atoms with Crippen LogP contribution in [-0.2, 0) is 0 Å². The van der Waals surface area contributed by atoms with E-state index in [4.69, 9.17) is 0 Å². The maximum atomic E-state index is 2.30. The Morgan fingerprint density at radius 2 is 0.632 bits per heavy atom. The van der Waals surface area contributed by atoms with Gasteiger partial charge in [-0.05, 0) is 49.2 Å². The number of rotatable bonds is 20. The van der Waals surface area contributed by atoms with Gasteiger partial charge in [0.05, 0.1) is 6.54 Å². The Balaban J connectivity index is 0.00000507. The van der Waals surface area contributed by atoms with Gasteiger partial charge in [-0.2, -0.15) is 0 Å². The van der Waals surface area contributed by atoms with Crippen molar-refractivity contribution in [1.82, 2.24) is 4.48 Å². The first-order valence-electron chi connectivity index (χ1n) is 15.4. The Bertz CT molecular complexity index is 829. The summed E-state index contributed by atoms with van der Waals surface area (Å²) in [5.74, 6) is 0. The van der Waals surface area contributed by atoms with Crippen LogP contribution < -0.4 is 16.9 Å². The molecular weight excluding hydrogens is 482 g/mol. The summed E-state index contributed by atoms with van der Waals surface area (Å²) < 4.78 is 0.793. The lowest BCUT2D eigenvalue weighted by Crippen LogP contribution is -3.00. The molecule has 0 unspecified atom stereocenters. The maximum Gasteiger partial charge on any atom is 0.143 e. The van der Waals surface area contributed by atoms with Crippen molar-refractivity contribution in [1.29, 1.82) is 0 Å². The second kappa shape index (κ2) is 19.9. The Hall–Kier alpha value is -2.09. The largest absolute Gasteiger partial charge is 1.00 e. The lowest BCUT2D eigenvalue weighted by molar-refractivity contribution is -0.00000767. The van der Waals surface area contributed by atoms with Crippen molar-refractivity contribution in [2.45, 2.75) is 110 Å². The minimum absolute atomic E-state index is 0. The van der Waals surface area contributed by atoms with E-state index in [0.29, 0.717) is 0 Å². The summed E-state index contributed by atoms with van der Waals surface area (Å²) in [6.07, 6.45) is 22.5. The first-order valence-corrected chi connectivity index (χ1v) is 15.4. The molecule has 0 spiro atoms. The summed E-state index contributed by atoms with van der Waals surface area (Å²) >= 11 is 0. The quantitative estimate of drug-likeness (QED) is 0.100. The molecule has 0 saturated heterocycles. The molecule has 3 rings (SSSR count). The standard InChI is InChI=1S/C36H52N.ClH/c1-2-3-4-5-6-7-8-9-10-11-12-13-14-15-16-26-33-37(34-27-20-17-21-28-34,35-29-22-18-23-30-35)36-31-24-19-25-32-36;/h17-25,27-32H,2-16,26,33H2,1H3;1H/q+1;/p-1. The first kappa shape index (κ1) is 32.1. The van der Waals surface area contributed by atoms with E-state index in [-0.39, 0.29) is 12.4 Å². The summed E-state index contributed by atoms with van der Waals surface area (Å²) in [7, 11) is 0. The summed E-state index contributed by atoms with van der Waals surface area (Å²) in [6.45, 7) is 3.39. The Labute approximate surface area is 240 Å². The van der Waals surface area contributed by atoms with Crippen LogP contribution in [0.2, 0.25) is 0 Å². The van der Waals surface area contributed by atoms with Gasteiger partial charge in [0.2, 0.25) is 0 Å². The van der Waals surface area contributed by atoms with Gasteiger partial charge in [-0.1, -0.05) is 151 Å². The van der Waals surface area contributed by atoms with E-state index in [1.165, 1.54) is 120 Å². The molecule has 0 saturated carbocycles. The number of halogens is 1. The molecule has 0 atom stereocenters. The predicted octanol–water partition coefficient (Wildman–Crippen LogP) is 8.92. The smallest absolute Gasteiger partial charge is 0.143 e. The number of quaternary nitrogens is 1. The third kappa shape index (κ3) is 10.6. The number of nitrogens with zero attached hydrogens (tertiary/aromatic N) is 1. The number of benzene rings is 3. The molecule has 3 aromatic carbocycles. The van der Waals surface area contributed by atoms with Crippen molar-refractivity contribution < 1.29 is 12.4 Å². The van der Waals surface area contributed by atoms with E-state index >= 15 is 0 Å². The SMILES string of the molecule is CCCCCCCCCCCCCCCCCC[N+](c1ccccc1)(c1ccccc1)c1ccccc1.[Cl-]. The fourth-order valence-corrected chi connectivity index (χ4v) is 5.78. The van der Waals surface area contributed by atoms with Gasteiger partial charge >= 0.3 is 0 Å². The van der Waals surface area contributed by atoms with Gasteiger partial charge in [0, 0.05) is 0 Å². The van der Waals surface area contributed by atoms with Crippen LogP contribution in [0.4, 0.5) is 17.1 Å². The highest BCUT2D eigenvalue weighted by Gasteiger charge is 2.35. The highest BCUT2D eigenvalue weighted by atomic mass is 35.5. The van der Waals surface area contributed by atoms with E-state index in [1.54, 1.807) is 0 Å². The minimum Gasteiger partial charge on any atom is -1.00 e. The average Bonchev–Trinajstić information content (AvgIpc) is 2.96. The van der Waals surface area contributed by atoms with Gasteiger partial charge in [0.15, 0.2) is 0 Å².